The molecule has 9 nitrogen and oxygen atoms in total. The van der Waals surface area contributed by atoms with Crippen LogP contribution in [0.25, 0.3) is 10.9 Å². The SMILES string of the molecule is CC[C@@H](C)c1nc2ccc(Br)cc2c(=O)n1N=Cc1ccc(OCC#N)c([N+](=O)[O-])c1. The Kier molecular flexibility index (Phi) is 6.77. The van der Waals surface area contributed by atoms with Crippen LogP contribution in [-0.4, -0.2) is 27.4 Å². The van der Waals surface area contributed by atoms with E-state index < -0.39 is 4.92 Å². The Morgan fingerprint density at radius 2 is 2.16 bits per heavy atom. The number of nitrogens with zero attached hydrogens (tertiary/aromatic N) is 5. The molecule has 1 heterocycles. The van der Waals surface area contributed by atoms with E-state index in [0.29, 0.717) is 22.3 Å². The molecule has 0 bridgehead atoms. The van der Waals surface area contributed by atoms with Crippen molar-refractivity contribution in [2.75, 3.05) is 6.61 Å². The highest BCUT2D eigenvalue weighted by atomic mass is 79.9. The van der Waals surface area contributed by atoms with Gasteiger partial charge in [0.2, 0.25) is 0 Å². The first kappa shape index (κ1) is 22.1. The first-order chi connectivity index (χ1) is 14.8. The van der Waals surface area contributed by atoms with Crippen molar-refractivity contribution in [2.24, 2.45) is 5.10 Å². The van der Waals surface area contributed by atoms with Gasteiger partial charge in [-0.1, -0.05) is 29.8 Å². The summed E-state index contributed by atoms with van der Waals surface area (Å²) < 4.78 is 7.07. The van der Waals surface area contributed by atoms with Gasteiger partial charge in [-0.05, 0) is 36.8 Å². The van der Waals surface area contributed by atoms with Crippen LogP contribution in [0, 0.1) is 21.4 Å². The summed E-state index contributed by atoms with van der Waals surface area (Å²) in [5.74, 6) is 0.453. The third-order valence-corrected chi connectivity index (χ3v) is 5.17. The molecule has 0 amide bonds. The van der Waals surface area contributed by atoms with Crippen LogP contribution in [0.15, 0.2) is 50.8 Å². The summed E-state index contributed by atoms with van der Waals surface area (Å²) in [6, 6.07) is 11.3. The van der Waals surface area contributed by atoms with Crippen LogP contribution >= 0.6 is 15.9 Å². The standard InChI is InChI=1S/C21H18BrN5O4/c1-3-13(2)20-25-17-6-5-15(22)11-16(17)21(28)26(20)24-12-14-4-7-19(31-9-8-23)18(10-14)27(29)30/h4-7,10-13H,3,9H2,1-2H3/t13-/m1/s1. The van der Waals surface area contributed by atoms with Crippen molar-refractivity contribution in [3.8, 4) is 11.8 Å². The van der Waals surface area contributed by atoms with E-state index >= 15 is 0 Å². The highest BCUT2D eigenvalue weighted by Crippen LogP contribution is 2.27. The monoisotopic (exact) mass is 483 g/mol. The average molecular weight is 484 g/mol. The van der Waals surface area contributed by atoms with Gasteiger partial charge in [0.05, 0.1) is 22.0 Å². The minimum Gasteiger partial charge on any atom is -0.472 e. The molecule has 0 aliphatic rings. The Balaban J connectivity index is 2.11. The molecule has 0 aliphatic heterocycles. The van der Waals surface area contributed by atoms with Crippen LogP contribution < -0.4 is 10.3 Å². The summed E-state index contributed by atoms with van der Waals surface area (Å²) in [6.07, 6.45) is 2.11. The number of rotatable bonds is 7. The lowest BCUT2D eigenvalue weighted by Gasteiger charge is -2.14. The highest BCUT2D eigenvalue weighted by Gasteiger charge is 2.17. The van der Waals surface area contributed by atoms with Gasteiger partial charge in [-0.25, -0.2) is 4.98 Å². The first-order valence-electron chi connectivity index (χ1n) is 9.40. The van der Waals surface area contributed by atoms with E-state index in [1.807, 2.05) is 19.9 Å². The van der Waals surface area contributed by atoms with E-state index in [0.717, 1.165) is 10.9 Å². The summed E-state index contributed by atoms with van der Waals surface area (Å²) >= 11 is 3.36. The molecule has 0 unspecified atom stereocenters. The lowest BCUT2D eigenvalue weighted by Crippen LogP contribution is -2.23. The Morgan fingerprint density at radius 1 is 1.39 bits per heavy atom. The largest absolute Gasteiger partial charge is 0.472 e. The quantitative estimate of drug-likeness (QED) is 0.279. The minimum absolute atomic E-state index is 0.0154. The summed E-state index contributed by atoms with van der Waals surface area (Å²) in [6.45, 7) is 3.63. The van der Waals surface area contributed by atoms with Crippen molar-refractivity contribution in [3.05, 3.63) is 72.7 Å². The van der Waals surface area contributed by atoms with Crippen LogP contribution in [-0.2, 0) is 0 Å². The number of benzene rings is 2. The number of nitro benzene ring substituents is 1. The molecule has 0 radical (unpaired) electrons. The topological polar surface area (TPSA) is 123 Å². The van der Waals surface area contributed by atoms with Crippen LogP contribution in [0.1, 0.15) is 37.6 Å². The Morgan fingerprint density at radius 3 is 2.84 bits per heavy atom. The Bertz CT molecular complexity index is 1280. The maximum Gasteiger partial charge on any atom is 0.311 e. The van der Waals surface area contributed by atoms with Crippen molar-refractivity contribution in [3.63, 3.8) is 0 Å². The van der Waals surface area contributed by atoms with Crippen LogP contribution in [0.3, 0.4) is 0 Å². The van der Waals surface area contributed by atoms with Gasteiger partial charge in [0, 0.05) is 22.0 Å². The lowest BCUT2D eigenvalue weighted by atomic mass is 10.1. The molecule has 0 saturated carbocycles. The second kappa shape index (κ2) is 9.49. The molecule has 158 valence electrons. The number of hydrogen-bond acceptors (Lipinski definition) is 7. The number of hydrogen-bond donors (Lipinski definition) is 0. The third-order valence-electron chi connectivity index (χ3n) is 4.68. The number of ether oxygens (including phenoxy) is 1. The van der Waals surface area contributed by atoms with E-state index in [9.17, 15) is 14.9 Å². The Hall–Kier alpha value is -3.58. The summed E-state index contributed by atoms with van der Waals surface area (Å²) in [4.78, 5) is 28.5. The molecular weight excluding hydrogens is 466 g/mol. The van der Waals surface area contributed by atoms with Gasteiger partial charge < -0.3 is 4.74 Å². The van der Waals surface area contributed by atoms with Crippen molar-refractivity contribution in [1.82, 2.24) is 9.66 Å². The predicted molar refractivity (Wildman–Crippen MR) is 120 cm³/mol. The first-order valence-corrected chi connectivity index (χ1v) is 10.2. The molecule has 0 aliphatic carbocycles. The number of nitro groups is 1. The fourth-order valence-corrected chi connectivity index (χ4v) is 3.25. The third kappa shape index (κ3) is 4.78. The molecule has 31 heavy (non-hydrogen) atoms. The zero-order valence-corrected chi connectivity index (χ0v) is 18.4. The number of fused-ring (bicyclic) bond motifs is 1. The molecular formula is C21H18BrN5O4. The number of nitriles is 1. The fraction of sp³-hybridized carbons (Fsp3) is 0.238. The smallest absolute Gasteiger partial charge is 0.311 e. The molecule has 0 N–H and O–H groups in total. The molecule has 1 atom stereocenters. The fourth-order valence-electron chi connectivity index (χ4n) is 2.89. The maximum atomic E-state index is 13.1. The van der Waals surface area contributed by atoms with E-state index in [1.54, 1.807) is 24.3 Å². The maximum absolute atomic E-state index is 13.1. The van der Waals surface area contributed by atoms with E-state index in [-0.39, 0.29) is 29.5 Å². The van der Waals surface area contributed by atoms with Gasteiger partial charge in [0.15, 0.2) is 12.4 Å². The van der Waals surface area contributed by atoms with Gasteiger partial charge in [-0.2, -0.15) is 15.0 Å². The average Bonchev–Trinajstić information content (AvgIpc) is 2.76. The lowest BCUT2D eigenvalue weighted by molar-refractivity contribution is -0.385. The predicted octanol–water partition coefficient (Wildman–Crippen LogP) is 4.37. The zero-order valence-electron chi connectivity index (χ0n) is 16.8. The minimum atomic E-state index is -0.601. The van der Waals surface area contributed by atoms with Gasteiger partial charge in [-0.15, -0.1) is 0 Å². The van der Waals surface area contributed by atoms with E-state index in [2.05, 4.69) is 26.0 Å². The van der Waals surface area contributed by atoms with Crippen LogP contribution in [0.2, 0.25) is 0 Å². The molecule has 0 spiro atoms. The van der Waals surface area contributed by atoms with E-state index in [4.69, 9.17) is 10.00 Å². The summed E-state index contributed by atoms with van der Waals surface area (Å²) in [5.41, 5.74) is 0.340. The molecule has 3 rings (SSSR count). The van der Waals surface area contributed by atoms with Crippen LogP contribution in [0.4, 0.5) is 5.69 Å². The van der Waals surface area contributed by atoms with Gasteiger partial charge in [0.25, 0.3) is 5.56 Å². The normalized spacial score (nSPS) is 12.1. The molecule has 0 saturated heterocycles. The zero-order chi connectivity index (χ0) is 22.5. The summed E-state index contributed by atoms with van der Waals surface area (Å²) in [7, 11) is 0. The summed E-state index contributed by atoms with van der Waals surface area (Å²) in [5, 5.41) is 24.7. The van der Waals surface area contributed by atoms with Crippen molar-refractivity contribution in [1.29, 1.82) is 5.26 Å². The van der Waals surface area contributed by atoms with Crippen LogP contribution in [0.5, 0.6) is 5.75 Å². The molecule has 10 heteroatoms. The second-order valence-corrected chi connectivity index (χ2v) is 7.65. The van der Waals surface area contributed by atoms with Crippen molar-refractivity contribution < 1.29 is 9.66 Å². The molecule has 2 aromatic carbocycles. The number of halogens is 1. The van der Waals surface area contributed by atoms with Crippen molar-refractivity contribution >= 4 is 38.7 Å². The van der Waals surface area contributed by atoms with Gasteiger partial charge in [0.1, 0.15) is 11.9 Å². The van der Waals surface area contributed by atoms with Gasteiger partial charge in [-0.3, -0.25) is 14.9 Å². The second-order valence-electron chi connectivity index (χ2n) is 6.73. The number of aromatic nitrogens is 2. The van der Waals surface area contributed by atoms with Gasteiger partial charge >= 0.3 is 5.69 Å². The van der Waals surface area contributed by atoms with E-state index in [1.165, 1.54) is 23.0 Å². The molecule has 3 aromatic rings. The Labute approximate surface area is 185 Å². The highest BCUT2D eigenvalue weighted by molar-refractivity contribution is 9.10. The molecule has 1 aromatic heterocycles. The molecule has 0 fully saturated rings. The van der Waals surface area contributed by atoms with Crippen molar-refractivity contribution in [2.45, 2.75) is 26.2 Å².